The minimum absolute atomic E-state index is 0.786. The largest absolute Gasteiger partial charge is 0.494 e. The molecule has 0 saturated carbocycles. The fourth-order valence-electron chi connectivity index (χ4n) is 3.98. The smallest absolute Gasteiger partial charge is 0.119 e. The molecule has 3 aromatic carbocycles. The van der Waals surface area contributed by atoms with Crippen LogP contribution < -0.4 is 4.74 Å². The van der Waals surface area contributed by atoms with Crippen molar-refractivity contribution in [1.29, 1.82) is 0 Å². The van der Waals surface area contributed by atoms with Crippen LogP contribution in [-0.2, 0) is 6.54 Å². The van der Waals surface area contributed by atoms with Gasteiger partial charge >= 0.3 is 0 Å². The molecule has 0 spiro atoms. The quantitative estimate of drug-likeness (QED) is 0.309. The Morgan fingerprint density at radius 3 is 2.34 bits per heavy atom. The molecular formula is C27H29NO. The molecule has 1 heterocycles. The molecule has 0 fully saturated rings. The van der Waals surface area contributed by atoms with Crippen molar-refractivity contribution in [3.05, 3.63) is 89.5 Å². The Labute approximate surface area is 173 Å². The lowest BCUT2D eigenvalue weighted by molar-refractivity contribution is 0.309. The molecule has 0 aliphatic carbocycles. The second-order valence-electron chi connectivity index (χ2n) is 7.79. The van der Waals surface area contributed by atoms with Crippen LogP contribution >= 0.6 is 0 Å². The zero-order valence-electron chi connectivity index (χ0n) is 17.6. The first-order chi connectivity index (χ1) is 14.2. The molecular weight excluding hydrogens is 354 g/mol. The molecule has 0 N–H and O–H groups in total. The van der Waals surface area contributed by atoms with Crippen molar-refractivity contribution in [2.24, 2.45) is 0 Å². The van der Waals surface area contributed by atoms with Crippen LogP contribution in [0.25, 0.3) is 22.2 Å². The summed E-state index contributed by atoms with van der Waals surface area (Å²) in [5, 5.41) is 1.34. The zero-order valence-corrected chi connectivity index (χ0v) is 17.6. The number of nitrogens with zero attached hydrogens (tertiary/aromatic N) is 1. The first-order valence-corrected chi connectivity index (χ1v) is 10.5. The van der Waals surface area contributed by atoms with Gasteiger partial charge in [-0.3, -0.25) is 0 Å². The third-order valence-electron chi connectivity index (χ3n) is 5.55. The molecule has 2 nitrogen and oxygen atoms in total. The van der Waals surface area contributed by atoms with E-state index in [0.29, 0.717) is 0 Å². The van der Waals surface area contributed by atoms with Gasteiger partial charge in [-0.1, -0.05) is 67.4 Å². The molecule has 4 rings (SSSR count). The van der Waals surface area contributed by atoms with Crippen LogP contribution in [0, 0.1) is 13.8 Å². The summed E-state index contributed by atoms with van der Waals surface area (Å²) in [6, 6.07) is 26.0. The van der Waals surface area contributed by atoms with E-state index in [0.717, 1.165) is 31.7 Å². The molecule has 0 aliphatic rings. The summed E-state index contributed by atoms with van der Waals surface area (Å²) in [6.07, 6.45) is 2.25. The molecule has 0 amide bonds. The van der Waals surface area contributed by atoms with Crippen molar-refractivity contribution in [3.63, 3.8) is 0 Å². The van der Waals surface area contributed by atoms with Gasteiger partial charge in [0.15, 0.2) is 0 Å². The summed E-state index contributed by atoms with van der Waals surface area (Å²) in [4.78, 5) is 0. The van der Waals surface area contributed by atoms with Gasteiger partial charge in [-0.25, -0.2) is 0 Å². The molecule has 4 aromatic rings. The molecule has 2 heteroatoms. The van der Waals surface area contributed by atoms with Crippen LogP contribution in [0.3, 0.4) is 0 Å². The maximum Gasteiger partial charge on any atom is 0.119 e. The Hall–Kier alpha value is -3.00. The van der Waals surface area contributed by atoms with E-state index in [9.17, 15) is 0 Å². The zero-order chi connectivity index (χ0) is 20.2. The van der Waals surface area contributed by atoms with Gasteiger partial charge in [0, 0.05) is 17.4 Å². The fraction of sp³-hybridized carbons (Fsp3) is 0.259. The molecule has 0 unspecified atom stereocenters. The van der Waals surface area contributed by atoms with Gasteiger partial charge in [-0.05, 0) is 61.2 Å². The highest BCUT2D eigenvalue weighted by Crippen LogP contribution is 2.34. The average Bonchev–Trinajstić information content (AvgIpc) is 3.01. The van der Waals surface area contributed by atoms with Gasteiger partial charge < -0.3 is 9.30 Å². The average molecular weight is 384 g/mol. The number of hydrogen-bond acceptors (Lipinski definition) is 1. The summed E-state index contributed by atoms with van der Waals surface area (Å²) in [7, 11) is 0. The van der Waals surface area contributed by atoms with Crippen LogP contribution in [0.5, 0.6) is 5.75 Å². The summed E-state index contributed by atoms with van der Waals surface area (Å²) in [5.74, 6) is 0.953. The predicted molar refractivity (Wildman–Crippen MR) is 123 cm³/mol. The number of hydrogen-bond donors (Lipinski definition) is 0. The third kappa shape index (κ3) is 4.07. The van der Waals surface area contributed by atoms with Crippen molar-refractivity contribution >= 4 is 10.9 Å². The number of fused-ring (bicyclic) bond motifs is 1. The summed E-state index contributed by atoms with van der Waals surface area (Å²) in [6.45, 7) is 8.21. The first-order valence-electron chi connectivity index (χ1n) is 10.5. The maximum absolute atomic E-state index is 5.83. The Morgan fingerprint density at radius 1 is 0.862 bits per heavy atom. The topological polar surface area (TPSA) is 14.2 Å². The minimum Gasteiger partial charge on any atom is -0.494 e. The van der Waals surface area contributed by atoms with E-state index >= 15 is 0 Å². The van der Waals surface area contributed by atoms with Crippen LogP contribution in [0.1, 0.15) is 36.5 Å². The van der Waals surface area contributed by atoms with Crippen LogP contribution in [-0.4, -0.2) is 11.2 Å². The number of aryl methyl sites for hydroxylation is 2. The van der Waals surface area contributed by atoms with E-state index in [1.165, 1.54) is 38.9 Å². The Kier molecular flexibility index (Phi) is 5.71. The van der Waals surface area contributed by atoms with Crippen molar-refractivity contribution in [3.8, 4) is 17.0 Å². The van der Waals surface area contributed by atoms with E-state index in [1.54, 1.807) is 0 Å². The minimum atomic E-state index is 0.786. The standard InChI is InChI=1S/C27H29NO/c1-4-5-17-29-24-14-12-22(13-15-24)19-28-26-16-11-20(2)18-25(26)21(3)27(28)23-9-7-6-8-10-23/h6-16,18H,4-5,17,19H2,1-3H3. The van der Waals surface area contributed by atoms with Gasteiger partial charge in [-0.2, -0.15) is 0 Å². The SMILES string of the molecule is CCCCOc1ccc(Cn2c(-c3ccccc3)c(C)c3cc(C)ccc32)cc1. The number of ether oxygens (including phenoxy) is 1. The van der Waals surface area contributed by atoms with Gasteiger partial charge in [0.05, 0.1) is 12.3 Å². The molecule has 0 saturated heterocycles. The number of unbranched alkanes of at least 4 members (excludes halogenated alkanes) is 1. The summed E-state index contributed by atoms with van der Waals surface area (Å²) >= 11 is 0. The lowest BCUT2D eigenvalue weighted by atomic mass is 10.1. The van der Waals surface area contributed by atoms with Crippen molar-refractivity contribution < 1.29 is 4.74 Å². The molecule has 0 aliphatic heterocycles. The van der Waals surface area contributed by atoms with Crippen LogP contribution in [0.2, 0.25) is 0 Å². The first kappa shape index (κ1) is 19.3. The molecule has 0 bridgehead atoms. The van der Waals surface area contributed by atoms with Gasteiger partial charge in [0.2, 0.25) is 0 Å². The molecule has 29 heavy (non-hydrogen) atoms. The van der Waals surface area contributed by atoms with E-state index in [1.807, 2.05) is 0 Å². The highest BCUT2D eigenvalue weighted by atomic mass is 16.5. The van der Waals surface area contributed by atoms with E-state index in [2.05, 4.69) is 98.1 Å². The van der Waals surface area contributed by atoms with E-state index in [-0.39, 0.29) is 0 Å². The second-order valence-corrected chi connectivity index (χ2v) is 7.79. The van der Waals surface area contributed by atoms with Crippen LogP contribution in [0.4, 0.5) is 0 Å². The monoisotopic (exact) mass is 383 g/mol. The van der Waals surface area contributed by atoms with Crippen molar-refractivity contribution in [1.82, 2.24) is 4.57 Å². The lowest BCUT2D eigenvalue weighted by Crippen LogP contribution is -2.03. The Balaban J connectivity index is 1.73. The normalized spacial score (nSPS) is 11.1. The molecule has 1 aromatic heterocycles. The van der Waals surface area contributed by atoms with Gasteiger partial charge in [-0.15, -0.1) is 0 Å². The highest BCUT2D eigenvalue weighted by Gasteiger charge is 2.16. The number of benzene rings is 3. The highest BCUT2D eigenvalue weighted by molar-refractivity contribution is 5.92. The summed E-state index contributed by atoms with van der Waals surface area (Å²) < 4.78 is 8.28. The fourth-order valence-corrected chi connectivity index (χ4v) is 3.98. The second kappa shape index (κ2) is 8.57. The predicted octanol–water partition coefficient (Wildman–Crippen LogP) is 7.15. The van der Waals surface area contributed by atoms with E-state index < -0.39 is 0 Å². The van der Waals surface area contributed by atoms with Gasteiger partial charge in [0.1, 0.15) is 5.75 Å². The van der Waals surface area contributed by atoms with Crippen molar-refractivity contribution in [2.75, 3.05) is 6.61 Å². The molecule has 0 atom stereocenters. The number of rotatable bonds is 7. The van der Waals surface area contributed by atoms with E-state index in [4.69, 9.17) is 4.74 Å². The Morgan fingerprint density at radius 2 is 1.62 bits per heavy atom. The lowest BCUT2D eigenvalue weighted by Gasteiger charge is -2.13. The maximum atomic E-state index is 5.83. The number of aromatic nitrogens is 1. The summed E-state index contributed by atoms with van der Waals surface area (Å²) in [5.41, 5.74) is 7.77. The van der Waals surface area contributed by atoms with Crippen LogP contribution in [0.15, 0.2) is 72.8 Å². The molecule has 148 valence electrons. The molecule has 0 radical (unpaired) electrons. The van der Waals surface area contributed by atoms with Crippen molar-refractivity contribution in [2.45, 2.75) is 40.2 Å². The Bertz CT molecular complexity index is 1090. The third-order valence-corrected chi connectivity index (χ3v) is 5.55. The van der Waals surface area contributed by atoms with Gasteiger partial charge in [0.25, 0.3) is 0 Å².